The summed E-state index contributed by atoms with van der Waals surface area (Å²) in [5.74, 6) is 2.30. The molecular weight excluding hydrogens is 402 g/mol. The molecule has 5 rings (SSSR count). The van der Waals surface area contributed by atoms with Gasteiger partial charge in [-0.1, -0.05) is 30.3 Å². The van der Waals surface area contributed by atoms with E-state index in [1.165, 1.54) is 0 Å². The van der Waals surface area contributed by atoms with Gasteiger partial charge in [0.1, 0.15) is 23.8 Å². The van der Waals surface area contributed by atoms with E-state index in [1.807, 2.05) is 78.9 Å². The number of hydrogen-bond acceptors (Lipinski definition) is 5. The molecule has 0 radical (unpaired) electrons. The molecule has 5 heteroatoms. The minimum Gasteiger partial charge on any atom is -0.497 e. The van der Waals surface area contributed by atoms with Crippen LogP contribution in [0.15, 0.2) is 83.3 Å². The van der Waals surface area contributed by atoms with Crippen LogP contribution in [-0.2, 0) is 6.61 Å². The van der Waals surface area contributed by atoms with Gasteiger partial charge in [-0.3, -0.25) is 4.79 Å². The maximum absolute atomic E-state index is 12.6. The summed E-state index contributed by atoms with van der Waals surface area (Å²) in [7, 11) is 1.63. The van der Waals surface area contributed by atoms with E-state index in [-0.39, 0.29) is 17.6 Å². The number of rotatable bonds is 8. The fourth-order valence-corrected chi connectivity index (χ4v) is 3.53. The van der Waals surface area contributed by atoms with E-state index in [2.05, 4.69) is 4.98 Å². The number of ketones is 1. The van der Waals surface area contributed by atoms with Crippen molar-refractivity contribution in [2.45, 2.75) is 19.4 Å². The van der Waals surface area contributed by atoms with E-state index >= 15 is 0 Å². The topological polar surface area (TPSA) is 61.6 Å². The summed E-state index contributed by atoms with van der Waals surface area (Å²) in [4.78, 5) is 17.2. The predicted molar refractivity (Wildman–Crippen MR) is 122 cm³/mol. The smallest absolute Gasteiger partial charge is 0.264 e. The molecule has 1 fully saturated rings. The molecule has 1 saturated carbocycles. The Hall–Kier alpha value is -3.86. The molecule has 0 unspecified atom stereocenters. The van der Waals surface area contributed by atoms with Crippen molar-refractivity contribution < 1.29 is 18.7 Å². The highest BCUT2D eigenvalue weighted by Crippen LogP contribution is 2.38. The van der Waals surface area contributed by atoms with Crippen LogP contribution in [0, 0.1) is 5.92 Å². The van der Waals surface area contributed by atoms with Crippen LogP contribution >= 0.6 is 0 Å². The van der Waals surface area contributed by atoms with Gasteiger partial charge in [-0.2, -0.15) is 0 Å². The van der Waals surface area contributed by atoms with Crippen LogP contribution in [0.5, 0.6) is 11.5 Å². The Balaban J connectivity index is 1.43. The molecule has 1 aliphatic rings. The second-order valence-electron chi connectivity index (χ2n) is 7.86. The van der Waals surface area contributed by atoms with Gasteiger partial charge in [0.2, 0.25) is 5.78 Å². The Bertz CT molecular complexity index is 1210. The summed E-state index contributed by atoms with van der Waals surface area (Å²) in [6.45, 7) is 0.500. The first-order valence-corrected chi connectivity index (χ1v) is 10.7. The zero-order chi connectivity index (χ0) is 21.9. The fourth-order valence-electron chi connectivity index (χ4n) is 3.53. The molecule has 1 aliphatic carbocycles. The van der Waals surface area contributed by atoms with Gasteiger partial charge in [0, 0.05) is 17.0 Å². The Morgan fingerprint density at radius 1 is 0.906 bits per heavy atom. The number of methoxy groups -OCH3 is 1. The molecule has 32 heavy (non-hydrogen) atoms. The molecule has 5 nitrogen and oxygen atoms in total. The van der Waals surface area contributed by atoms with Crippen molar-refractivity contribution in [3.8, 4) is 34.1 Å². The van der Waals surface area contributed by atoms with Crippen LogP contribution in [-0.4, -0.2) is 17.9 Å². The zero-order valence-electron chi connectivity index (χ0n) is 17.8. The quantitative estimate of drug-likeness (QED) is 0.315. The number of carbonyl (C=O) groups is 1. The maximum atomic E-state index is 12.6. The molecular formula is C27H23NO4. The van der Waals surface area contributed by atoms with Gasteiger partial charge in [0.15, 0.2) is 5.76 Å². The van der Waals surface area contributed by atoms with Crippen LogP contribution in [0.4, 0.5) is 0 Å². The van der Waals surface area contributed by atoms with E-state index < -0.39 is 0 Å². The van der Waals surface area contributed by atoms with E-state index in [0.29, 0.717) is 18.1 Å². The molecule has 0 saturated heterocycles. The van der Waals surface area contributed by atoms with Gasteiger partial charge in [-0.05, 0) is 66.9 Å². The normalized spacial score (nSPS) is 13.0. The van der Waals surface area contributed by atoms with Crippen molar-refractivity contribution in [3.05, 3.63) is 90.3 Å². The first kappa shape index (κ1) is 20.1. The Morgan fingerprint density at radius 2 is 1.56 bits per heavy atom. The summed E-state index contributed by atoms with van der Waals surface area (Å²) < 4.78 is 17.2. The molecule has 1 aromatic heterocycles. The molecule has 3 aromatic carbocycles. The molecule has 4 aromatic rings. The predicted octanol–water partition coefficient (Wildman–Crippen LogP) is 6.19. The van der Waals surface area contributed by atoms with E-state index in [0.717, 1.165) is 41.0 Å². The van der Waals surface area contributed by atoms with Crippen molar-refractivity contribution in [1.82, 2.24) is 4.98 Å². The van der Waals surface area contributed by atoms with Gasteiger partial charge >= 0.3 is 0 Å². The molecule has 1 heterocycles. The van der Waals surface area contributed by atoms with Crippen LogP contribution in [0.2, 0.25) is 0 Å². The summed E-state index contributed by atoms with van der Waals surface area (Å²) in [5, 5.41) is 0. The van der Waals surface area contributed by atoms with Crippen LogP contribution < -0.4 is 9.47 Å². The standard InChI is InChI=1S/C27H23NO4/c1-30-22-13-9-19(10-14-22)24-26(32-27(28-24)25(29)20-7-8-20)21-11-15-23(16-12-21)31-17-18-5-3-2-4-6-18/h2-6,9-16,20H,7-8,17H2,1H3. The third kappa shape index (κ3) is 4.28. The monoisotopic (exact) mass is 425 g/mol. The average Bonchev–Trinajstić information content (AvgIpc) is 3.61. The van der Waals surface area contributed by atoms with Crippen molar-refractivity contribution >= 4 is 5.78 Å². The van der Waals surface area contributed by atoms with Crippen LogP contribution in [0.25, 0.3) is 22.6 Å². The van der Waals surface area contributed by atoms with Crippen molar-refractivity contribution in [2.75, 3.05) is 7.11 Å². The van der Waals surface area contributed by atoms with Gasteiger partial charge in [0.05, 0.1) is 7.11 Å². The van der Waals surface area contributed by atoms with Crippen LogP contribution in [0.1, 0.15) is 29.1 Å². The number of benzene rings is 3. The second-order valence-corrected chi connectivity index (χ2v) is 7.86. The third-order valence-electron chi connectivity index (χ3n) is 5.51. The number of oxazole rings is 1. The zero-order valence-corrected chi connectivity index (χ0v) is 17.8. The maximum Gasteiger partial charge on any atom is 0.264 e. The lowest BCUT2D eigenvalue weighted by Gasteiger charge is -2.07. The van der Waals surface area contributed by atoms with Gasteiger partial charge < -0.3 is 13.9 Å². The summed E-state index contributed by atoms with van der Waals surface area (Å²) >= 11 is 0. The van der Waals surface area contributed by atoms with Crippen molar-refractivity contribution in [1.29, 1.82) is 0 Å². The van der Waals surface area contributed by atoms with Gasteiger partial charge in [-0.25, -0.2) is 4.98 Å². The first-order chi connectivity index (χ1) is 15.7. The summed E-state index contributed by atoms with van der Waals surface area (Å²) in [6.07, 6.45) is 1.81. The lowest BCUT2D eigenvalue weighted by atomic mass is 10.1. The molecule has 0 amide bonds. The summed E-state index contributed by atoms with van der Waals surface area (Å²) in [6, 6.07) is 25.3. The molecule has 0 atom stereocenters. The lowest BCUT2D eigenvalue weighted by Crippen LogP contribution is -2.01. The molecule has 0 aliphatic heterocycles. The highest BCUT2D eigenvalue weighted by atomic mass is 16.5. The lowest BCUT2D eigenvalue weighted by molar-refractivity contribution is 0.0934. The highest BCUT2D eigenvalue weighted by molar-refractivity contribution is 5.97. The molecule has 160 valence electrons. The van der Waals surface area contributed by atoms with Gasteiger partial charge in [-0.15, -0.1) is 0 Å². The van der Waals surface area contributed by atoms with E-state index in [9.17, 15) is 4.79 Å². The minimum absolute atomic E-state index is 0.0196. The van der Waals surface area contributed by atoms with E-state index in [1.54, 1.807) is 7.11 Å². The van der Waals surface area contributed by atoms with Gasteiger partial charge in [0.25, 0.3) is 5.89 Å². The van der Waals surface area contributed by atoms with Crippen molar-refractivity contribution in [2.24, 2.45) is 5.92 Å². The number of ether oxygens (including phenoxy) is 2. The second kappa shape index (κ2) is 8.71. The fraction of sp³-hybridized carbons (Fsp3) is 0.185. The molecule has 0 spiro atoms. The SMILES string of the molecule is COc1ccc(-c2nc(C(=O)C3CC3)oc2-c2ccc(OCc3ccccc3)cc2)cc1. The number of nitrogens with zero attached hydrogens (tertiary/aromatic N) is 1. The minimum atomic E-state index is -0.0196. The Labute approximate surface area is 186 Å². The largest absolute Gasteiger partial charge is 0.497 e. The Morgan fingerprint density at radius 3 is 2.22 bits per heavy atom. The van der Waals surface area contributed by atoms with E-state index in [4.69, 9.17) is 13.9 Å². The molecule has 0 N–H and O–H groups in total. The molecule has 0 bridgehead atoms. The third-order valence-corrected chi connectivity index (χ3v) is 5.51. The number of hydrogen-bond donors (Lipinski definition) is 0. The average molecular weight is 425 g/mol. The Kier molecular flexibility index (Phi) is 5.46. The number of aromatic nitrogens is 1. The number of Topliss-reactive ketones (excluding diaryl/α,β-unsaturated/α-hetero) is 1. The number of carbonyl (C=O) groups excluding carboxylic acids is 1. The first-order valence-electron chi connectivity index (χ1n) is 10.7. The van der Waals surface area contributed by atoms with Crippen molar-refractivity contribution in [3.63, 3.8) is 0 Å². The van der Waals surface area contributed by atoms with Crippen LogP contribution in [0.3, 0.4) is 0 Å². The highest BCUT2D eigenvalue weighted by Gasteiger charge is 2.34. The summed E-state index contributed by atoms with van der Waals surface area (Å²) in [5.41, 5.74) is 3.46.